The van der Waals surface area contributed by atoms with Crippen LogP contribution in [0.4, 0.5) is 0 Å². The zero-order valence-electron chi connectivity index (χ0n) is 11.8. The zero-order chi connectivity index (χ0) is 14.0. The number of benzene rings is 1. The summed E-state index contributed by atoms with van der Waals surface area (Å²) in [6.07, 6.45) is 0. The highest BCUT2D eigenvalue weighted by Gasteiger charge is 2.14. The van der Waals surface area contributed by atoms with Gasteiger partial charge in [-0.25, -0.2) is 0 Å². The quantitative estimate of drug-likeness (QED) is 0.697. The monoisotopic (exact) mass is 338 g/mol. The van der Waals surface area contributed by atoms with Gasteiger partial charge in [-0.3, -0.25) is 0 Å². The second-order valence-electron chi connectivity index (χ2n) is 5.75. The van der Waals surface area contributed by atoms with Gasteiger partial charge in [0.05, 0.1) is 0 Å². The third-order valence-electron chi connectivity index (χ3n) is 3.03. The maximum atomic E-state index is 5.89. The molecule has 2 rings (SSSR count). The Kier molecular flexibility index (Phi) is 4.36. The number of rotatable bonds is 3. The van der Waals surface area contributed by atoms with Gasteiger partial charge in [0.25, 0.3) is 0 Å². The van der Waals surface area contributed by atoms with Crippen LogP contribution in [-0.4, -0.2) is 0 Å². The fourth-order valence-corrected chi connectivity index (χ4v) is 3.22. The van der Waals surface area contributed by atoms with E-state index in [1.165, 1.54) is 16.0 Å². The van der Waals surface area contributed by atoms with Crippen molar-refractivity contribution in [2.75, 3.05) is 0 Å². The largest absolute Gasteiger partial charge is 0.488 e. The maximum absolute atomic E-state index is 5.89. The van der Waals surface area contributed by atoms with Crippen molar-refractivity contribution in [1.82, 2.24) is 0 Å². The van der Waals surface area contributed by atoms with Crippen molar-refractivity contribution in [3.63, 3.8) is 0 Å². The predicted octanol–water partition coefficient (Wildman–Crippen LogP) is 5.70. The Bertz CT molecular complexity index is 566. The molecule has 0 radical (unpaired) electrons. The van der Waals surface area contributed by atoms with Crippen molar-refractivity contribution >= 4 is 27.3 Å². The predicted molar refractivity (Wildman–Crippen MR) is 86.2 cm³/mol. The van der Waals surface area contributed by atoms with Gasteiger partial charge in [-0.2, -0.15) is 0 Å². The number of aryl methyl sites for hydroxylation is 1. The lowest BCUT2D eigenvalue weighted by atomic mass is 9.86. The van der Waals surface area contributed by atoms with Crippen LogP contribution in [0, 0.1) is 6.92 Å². The van der Waals surface area contributed by atoms with E-state index in [-0.39, 0.29) is 5.41 Å². The molecule has 0 atom stereocenters. The first-order valence-electron chi connectivity index (χ1n) is 6.33. The molecule has 0 fully saturated rings. The summed E-state index contributed by atoms with van der Waals surface area (Å²) in [5, 5.41) is 2.08. The van der Waals surface area contributed by atoms with E-state index in [0.717, 1.165) is 10.2 Å². The highest BCUT2D eigenvalue weighted by Crippen LogP contribution is 2.28. The van der Waals surface area contributed by atoms with Crippen LogP contribution in [-0.2, 0) is 12.0 Å². The van der Waals surface area contributed by atoms with Gasteiger partial charge in [-0.05, 0) is 51.5 Å². The molecule has 1 heterocycles. The first-order valence-corrected chi connectivity index (χ1v) is 8.00. The summed E-state index contributed by atoms with van der Waals surface area (Å²) >= 11 is 5.17. The first kappa shape index (κ1) is 14.6. The third kappa shape index (κ3) is 3.83. The van der Waals surface area contributed by atoms with Gasteiger partial charge < -0.3 is 4.74 Å². The molecule has 0 amide bonds. The standard InChI is InChI=1S/C16H19BrOS/c1-11-7-12(16(2,3)4)5-6-15(11)18-9-14-8-13(17)10-19-14/h5-8,10H,9H2,1-4H3. The molecule has 19 heavy (non-hydrogen) atoms. The summed E-state index contributed by atoms with van der Waals surface area (Å²) in [6, 6.07) is 8.56. The van der Waals surface area contributed by atoms with Crippen LogP contribution in [0.5, 0.6) is 5.75 Å². The average Bonchev–Trinajstić information content (AvgIpc) is 2.72. The van der Waals surface area contributed by atoms with Crippen molar-refractivity contribution in [3.8, 4) is 5.75 Å². The fraction of sp³-hybridized carbons (Fsp3) is 0.375. The van der Waals surface area contributed by atoms with E-state index in [4.69, 9.17) is 4.74 Å². The van der Waals surface area contributed by atoms with E-state index in [1.807, 2.05) is 0 Å². The summed E-state index contributed by atoms with van der Waals surface area (Å²) in [5.41, 5.74) is 2.72. The summed E-state index contributed by atoms with van der Waals surface area (Å²) in [6.45, 7) is 9.42. The fourth-order valence-electron chi connectivity index (χ4n) is 1.86. The van der Waals surface area contributed by atoms with Gasteiger partial charge in [0.2, 0.25) is 0 Å². The first-order chi connectivity index (χ1) is 8.86. The van der Waals surface area contributed by atoms with E-state index >= 15 is 0 Å². The molecule has 0 saturated heterocycles. The summed E-state index contributed by atoms with van der Waals surface area (Å²) < 4.78 is 7.01. The molecule has 2 aromatic rings. The van der Waals surface area contributed by atoms with Gasteiger partial charge in [-0.15, -0.1) is 11.3 Å². The second-order valence-corrected chi connectivity index (χ2v) is 7.66. The van der Waals surface area contributed by atoms with Gasteiger partial charge in [0.1, 0.15) is 12.4 Å². The highest BCUT2D eigenvalue weighted by molar-refractivity contribution is 9.10. The number of hydrogen-bond donors (Lipinski definition) is 0. The number of hydrogen-bond acceptors (Lipinski definition) is 2. The van der Waals surface area contributed by atoms with Crippen LogP contribution in [0.3, 0.4) is 0 Å². The van der Waals surface area contributed by atoms with Gasteiger partial charge >= 0.3 is 0 Å². The summed E-state index contributed by atoms with van der Waals surface area (Å²) in [4.78, 5) is 1.23. The molecule has 0 aliphatic rings. The molecular weight excluding hydrogens is 320 g/mol. The van der Waals surface area contributed by atoms with E-state index in [2.05, 4.69) is 73.3 Å². The van der Waals surface area contributed by atoms with E-state index in [0.29, 0.717) is 6.61 Å². The van der Waals surface area contributed by atoms with Crippen LogP contribution in [0.15, 0.2) is 34.1 Å². The molecule has 0 saturated carbocycles. The smallest absolute Gasteiger partial charge is 0.122 e. The van der Waals surface area contributed by atoms with Crippen LogP contribution in [0.1, 0.15) is 36.8 Å². The van der Waals surface area contributed by atoms with Crippen LogP contribution in [0.2, 0.25) is 0 Å². The van der Waals surface area contributed by atoms with Crippen LogP contribution >= 0.6 is 27.3 Å². The van der Waals surface area contributed by atoms with E-state index in [9.17, 15) is 0 Å². The Morgan fingerprint density at radius 3 is 2.47 bits per heavy atom. The molecular formula is C16H19BrOS. The van der Waals surface area contributed by atoms with Gasteiger partial charge in [0.15, 0.2) is 0 Å². The van der Waals surface area contributed by atoms with Crippen molar-refractivity contribution in [1.29, 1.82) is 0 Å². The molecule has 0 aliphatic carbocycles. The lowest BCUT2D eigenvalue weighted by molar-refractivity contribution is 0.307. The highest BCUT2D eigenvalue weighted by atomic mass is 79.9. The molecule has 0 unspecified atom stereocenters. The number of halogens is 1. The Balaban J connectivity index is 2.09. The van der Waals surface area contributed by atoms with Crippen molar-refractivity contribution < 1.29 is 4.74 Å². The number of ether oxygens (including phenoxy) is 1. The maximum Gasteiger partial charge on any atom is 0.122 e. The molecule has 1 aromatic heterocycles. The van der Waals surface area contributed by atoms with Crippen molar-refractivity contribution in [3.05, 3.63) is 50.1 Å². The van der Waals surface area contributed by atoms with Crippen LogP contribution in [0.25, 0.3) is 0 Å². The topological polar surface area (TPSA) is 9.23 Å². The summed E-state index contributed by atoms with van der Waals surface area (Å²) in [5.74, 6) is 0.970. The second kappa shape index (κ2) is 5.68. The van der Waals surface area contributed by atoms with Crippen molar-refractivity contribution in [2.45, 2.75) is 39.7 Å². The lowest BCUT2D eigenvalue weighted by Crippen LogP contribution is -2.11. The van der Waals surface area contributed by atoms with E-state index in [1.54, 1.807) is 11.3 Å². The SMILES string of the molecule is Cc1cc(C(C)(C)C)ccc1OCc1cc(Br)cs1. The molecule has 0 bridgehead atoms. The van der Waals surface area contributed by atoms with E-state index < -0.39 is 0 Å². The Morgan fingerprint density at radius 2 is 1.95 bits per heavy atom. The molecule has 3 heteroatoms. The Labute approximate surface area is 127 Å². The molecule has 0 spiro atoms. The molecule has 1 aromatic carbocycles. The molecule has 1 nitrogen and oxygen atoms in total. The Morgan fingerprint density at radius 1 is 1.21 bits per heavy atom. The van der Waals surface area contributed by atoms with Crippen molar-refractivity contribution in [2.24, 2.45) is 0 Å². The molecule has 0 aliphatic heterocycles. The minimum Gasteiger partial charge on any atom is -0.488 e. The average molecular weight is 339 g/mol. The Hall–Kier alpha value is -0.800. The normalized spacial score (nSPS) is 11.6. The van der Waals surface area contributed by atoms with Gasteiger partial charge in [-0.1, -0.05) is 32.9 Å². The summed E-state index contributed by atoms with van der Waals surface area (Å²) in [7, 11) is 0. The third-order valence-corrected chi connectivity index (χ3v) is 4.70. The minimum absolute atomic E-state index is 0.182. The lowest BCUT2D eigenvalue weighted by Gasteiger charge is -2.20. The number of thiophene rings is 1. The molecule has 0 N–H and O–H groups in total. The minimum atomic E-state index is 0.182. The van der Waals surface area contributed by atoms with Crippen LogP contribution < -0.4 is 4.74 Å². The van der Waals surface area contributed by atoms with Gasteiger partial charge in [0, 0.05) is 14.7 Å². The zero-order valence-corrected chi connectivity index (χ0v) is 14.2. The molecule has 102 valence electrons.